The highest BCUT2D eigenvalue weighted by Gasteiger charge is 2.24. The Morgan fingerprint density at radius 1 is 0.720 bits per heavy atom. The van der Waals surface area contributed by atoms with Gasteiger partial charge in [-0.2, -0.15) is 19.2 Å². The zero-order valence-electron chi connectivity index (χ0n) is 28.9. The van der Waals surface area contributed by atoms with Gasteiger partial charge in [0.25, 0.3) is 11.1 Å². The highest BCUT2D eigenvalue weighted by Crippen LogP contribution is 2.18. The number of Topliss-reactive ketones (excluding diaryl/α,β-unsaturated/α-hetero) is 1. The fraction of sp³-hybridized carbons (Fsp3) is 0.472. The van der Waals surface area contributed by atoms with Crippen molar-refractivity contribution < 1.29 is 29.1 Å². The van der Waals surface area contributed by atoms with Crippen LogP contribution in [0.1, 0.15) is 50.7 Å². The van der Waals surface area contributed by atoms with E-state index in [1.807, 2.05) is 54.8 Å². The lowest BCUT2D eigenvalue weighted by molar-refractivity contribution is -0.193. The van der Waals surface area contributed by atoms with Gasteiger partial charge in [-0.25, -0.2) is 9.97 Å². The number of aliphatic hydroxyl groups excluding tert-OH is 1. The molecule has 14 nitrogen and oxygen atoms in total. The number of hydrogen-bond acceptors (Lipinski definition) is 12. The number of carbonyl (C=O) groups excluding carboxylic acids is 5. The molecule has 6 rings (SSSR count). The van der Waals surface area contributed by atoms with E-state index in [1.165, 1.54) is 12.4 Å². The van der Waals surface area contributed by atoms with Crippen molar-refractivity contribution in [1.82, 2.24) is 28.9 Å². The number of aromatic nitrogens is 4. The van der Waals surface area contributed by atoms with Gasteiger partial charge in [0.05, 0.1) is 40.6 Å². The van der Waals surface area contributed by atoms with Crippen molar-refractivity contribution in [3.05, 3.63) is 80.6 Å². The van der Waals surface area contributed by atoms with Crippen molar-refractivity contribution in [3.8, 4) is 0 Å². The van der Waals surface area contributed by atoms with Crippen LogP contribution in [0, 0.1) is 13.8 Å². The second-order valence-corrected chi connectivity index (χ2v) is 12.6. The fourth-order valence-corrected chi connectivity index (χ4v) is 6.37. The number of aliphatic hydroxyl groups is 1. The Kier molecular flexibility index (Phi) is 15.2. The van der Waals surface area contributed by atoms with Crippen LogP contribution in [0.2, 0.25) is 0 Å². The number of piperidine rings is 2. The summed E-state index contributed by atoms with van der Waals surface area (Å²) in [6.45, 7) is 12.8. The number of ketones is 1. The summed E-state index contributed by atoms with van der Waals surface area (Å²) >= 11 is 0. The smallest absolute Gasteiger partial charge is 0.373 e. The molecule has 50 heavy (non-hydrogen) atoms. The molecule has 2 aromatic heterocycles. The Morgan fingerprint density at radius 2 is 1.18 bits per heavy atom. The number of aryl methyl sites for hydroxylation is 2. The van der Waals surface area contributed by atoms with Crippen LogP contribution in [0.4, 0.5) is 0 Å². The van der Waals surface area contributed by atoms with Gasteiger partial charge in [-0.05, 0) is 75.9 Å². The highest BCUT2D eigenvalue weighted by atomic mass is 16.3. The predicted octanol–water partition coefficient (Wildman–Crippen LogP) is 2.14. The molecule has 2 aliphatic heterocycles. The largest absolute Gasteiger partial charge is 0.393 e. The molecular weight excluding hydrogens is 644 g/mol. The van der Waals surface area contributed by atoms with Crippen LogP contribution in [0.25, 0.3) is 22.1 Å². The number of likely N-dealkylation sites (tertiary alicyclic amines) is 2. The van der Waals surface area contributed by atoms with Crippen LogP contribution in [0.15, 0.2) is 58.4 Å². The number of benzene rings is 2. The molecule has 0 saturated carbocycles. The number of rotatable bonds is 6. The summed E-state index contributed by atoms with van der Waals surface area (Å²) in [5, 5.41) is 9.71. The normalized spacial score (nSPS) is 19.1. The van der Waals surface area contributed by atoms with Gasteiger partial charge in [-0.15, -0.1) is 0 Å². The molecule has 2 aromatic carbocycles. The summed E-state index contributed by atoms with van der Waals surface area (Å²) in [5.74, 6) is 0.339. The molecule has 0 amide bonds. The number of fused-ring (bicyclic) bond motifs is 2. The van der Waals surface area contributed by atoms with Crippen LogP contribution in [-0.4, -0.2) is 96.5 Å². The minimum atomic E-state index is -0.182. The molecular formula is C36H44N6O8. The molecule has 2 fully saturated rings. The maximum absolute atomic E-state index is 12.2. The monoisotopic (exact) mass is 688 g/mol. The van der Waals surface area contributed by atoms with Crippen molar-refractivity contribution in [2.45, 2.75) is 84.7 Å². The molecule has 0 aliphatic carbocycles. The van der Waals surface area contributed by atoms with Crippen LogP contribution < -0.4 is 11.1 Å². The van der Waals surface area contributed by atoms with E-state index in [9.17, 15) is 19.5 Å². The zero-order valence-corrected chi connectivity index (χ0v) is 28.9. The predicted molar refractivity (Wildman–Crippen MR) is 183 cm³/mol. The first-order valence-electron chi connectivity index (χ1n) is 16.5. The molecule has 266 valence electrons. The molecule has 3 atom stereocenters. The molecule has 0 spiro atoms. The van der Waals surface area contributed by atoms with Gasteiger partial charge in [-0.3, -0.25) is 24.2 Å². The first-order chi connectivity index (χ1) is 23.9. The molecule has 0 bridgehead atoms. The lowest BCUT2D eigenvalue weighted by Gasteiger charge is -2.35. The van der Waals surface area contributed by atoms with Crippen LogP contribution in [0.5, 0.6) is 0 Å². The highest BCUT2D eigenvalue weighted by molar-refractivity contribution is 5.80. The van der Waals surface area contributed by atoms with E-state index in [0.717, 1.165) is 72.2 Å². The van der Waals surface area contributed by atoms with Gasteiger partial charge in [0.2, 0.25) is 0 Å². The molecule has 3 unspecified atom stereocenters. The minimum absolute atomic E-state index is 0.0530. The molecule has 4 aromatic rings. The SMILES string of the molecule is Cc1ccc2ncc(=O)n(CCN3CCC(=O)CC3C)c2c1.Cc1ccc2ncc(=O)n(CCN3CCC(O)CC3C)c2c1.O=C=O.O=C=O. The van der Waals surface area contributed by atoms with E-state index in [1.54, 1.807) is 4.57 Å². The Labute approximate surface area is 289 Å². The maximum atomic E-state index is 12.2. The van der Waals surface area contributed by atoms with E-state index < -0.39 is 0 Å². The van der Waals surface area contributed by atoms with Crippen LogP contribution in [0.3, 0.4) is 0 Å². The number of hydrogen-bond donors (Lipinski definition) is 1. The Balaban J connectivity index is 0.000000234. The fourth-order valence-electron chi connectivity index (χ4n) is 6.37. The van der Waals surface area contributed by atoms with Crippen molar-refractivity contribution in [2.24, 2.45) is 0 Å². The summed E-state index contributed by atoms with van der Waals surface area (Å²) in [4.78, 5) is 81.4. The zero-order chi connectivity index (χ0) is 36.8. The van der Waals surface area contributed by atoms with Gasteiger partial charge in [0.15, 0.2) is 0 Å². The summed E-state index contributed by atoms with van der Waals surface area (Å²) in [6.07, 6.45) is 5.97. The number of nitrogens with zero attached hydrogens (tertiary/aromatic N) is 6. The van der Waals surface area contributed by atoms with Gasteiger partial charge in [0.1, 0.15) is 5.78 Å². The Bertz CT molecular complexity index is 1930. The van der Waals surface area contributed by atoms with Gasteiger partial charge in [0, 0.05) is 64.2 Å². The lowest BCUT2D eigenvalue weighted by Crippen LogP contribution is -2.44. The number of carbonyl (C=O) groups is 1. The molecule has 2 aliphatic rings. The standard InChI is InChI=1S/C17H23N3O2.C17H21N3O2.2CO2/c2*1-12-3-4-15-16(9-12)20(17(22)11-18-15)8-7-19-6-5-14(21)10-13(19)2;2*2-1-3/h3-4,9,11,13-14,21H,5-8,10H2,1-2H3;3-4,9,11,13H,5-8,10H2,1-2H3;;. The minimum Gasteiger partial charge on any atom is -0.393 e. The second-order valence-electron chi connectivity index (χ2n) is 12.6. The average molecular weight is 689 g/mol. The summed E-state index contributed by atoms with van der Waals surface area (Å²) in [7, 11) is 0. The summed E-state index contributed by atoms with van der Waals surface area (Å²) in [6, 6.07) is 12.6. The molecule has 14 heteroatoms. The third-order valence-electron chi connectivity index (χ3n) is 9.04. The maximum Gasteiger partial charge on any atom is 0.373 e. The van der Waals surface area contributed by atoms with Crippen molar-refractivity contribution in [3.63, 3.8) is 0 Å². The van der Waals surface area contributed by atoms with Crippen molar-refractivity contribution in [1.29, 1.82) is 0 Å². The van der Waals surface area contributed by atoms with Gasteiger partial charge >= 0.3 is 12.3 Å². The van der Waals surface area contributed by atoms with Crippen molar-refractivity contribution in [2.75, 3.05) is 26.2 Å². The first-order valence-corrected chi connectivity index (χ1v) is 16.5. The van der Waals surface area contributed by atoms with Crippen LogP contribution >= 0.6 is 0 Å². The van der Waals surface area contributed by atoms with E-state index in [4.69, 9.17) is 19.2 Å². The third kappa shape index (κ3) is 11.0. The van der Waals surface area contributed by atoms with E-state index in [2.05, 4.69) is 33.6 Å². The average Bonchev–Trinajstić information content (AvgIpc) is 3.06. The Morgan fingerprint density at radius 3 is 1.62 bits per heavy atom. The van der Waals surface area contributed by atoms with Crippen LogP contribution in [-0.2, 0) is 37.1 Å². The lowest BCUT2D eigenvalue weighted by atomic mass is 10.0. The quantitative estimate of drug-likeness (QED) is 0.312. The van der Waals surface area contributed by atoms with Gasteiger partial charge in [-0.1, -0.05) is 12.1 Å². The van der Waals surface area contributed by atoms with E-state index >= 15 is 0 Å². The third-order valence-corrected chi connectivity index (χ3v) is 9.04. The summed E-state index contributed by atoms with van der Waals surface area (Å²) < 4.78 is 3.60. The molecule has 1 N–H and O–H groups in total. The molecule has 0 radical (unpaired) electrons. The first kappa shape index (κ1) is 39.5. The topological polar surface area (TPSA) is 182 Å². The second kappa shape index (κ2) is 19.3. The van der Waals surface area contributed by atoms with Gasteiger partial charge < -0.3 is 14.2 Å². The van der Waals surface area contributed by atoms with E-state index in [-0.39, 0.29) is 35.6 Å². The van der Waals surface area contributed by atoms with E-state index in [0.29, 0.717) is 37.8 Å². The Hall–Kier alpha value is -4.97. The van der Waals surface area contributed by atoms with Crippen molar-refractivity contribution >= 4 is 40.2 Å². The molecule has 2 saturated heterocycles. The molecule has 4 heterocycles. The summed E-state index contributed by atoms with van der Waals surface area (Å²) in [5.41, 5.74) is 5.60.